The van der Waals surface area contributed by atoms with Crippen LogP contribution in [0.1, 0.15) is 43.4 Å². The van der Waals surface area contributed by atoms with Crippen molar-refractivity contribution in [2.45, 2.75) is 39.2 Å². The van der Waals surface area contributed by atoms with Crippen LogP contribution in [0.2, 0.25) is 0 Å². The van der Waals surface area contributed by atoms with Crippen molar-refractivity contribution in [3.8, 4) is 11.1 Å². The van der Waals surface area contributed by atoms with Crippen molar-refractivity contribution in [3.05, 3.63) is 71.8 Å². The summed E-state index contributed by atoms with van der Waals surface area (Å²) in [6.45, 7) is 4.43. The molecule has 1 nitrogen and oxygen atoms in total. The number of unbranched alkanes of at least 4 members (excludes halogenated alkanes) is 1. The van der Waals surface area contributed by atoms with Gasteiger partial charge in [-0.2, -0.15) is 0 Å². The van der Waals surface area contributed by atoms with Gasteiger partial charge in [-0.05, 0) is 53.4 Å². The van der Waals surface area contributed by atoms with Crippen LogP contribution >= 0.6 is 0 Å². The van der Waals surface area contributed by atoms with Gasteiger partial charge in [0.25, 0.3) is 0 Å². The Kier molecular flexibility index (Phi) is 5.32. The maximum atomic E-state index is 3.45. The van der Waals surface area contributed by atoms with Crippen LogP contribution in [-0.2, 0) is 0 Å². The lowest BCUT2D eigenvalue weighted by Gasteiger charge is -2.17. The molecule has 124 valence electrons. The molecule has 0 aliphatic carbocycles. The van der Waals surface area contributed by atoms with Gasteiger partial charge in [0.15, 0.2) is 0 Å². The third kappa shape index (κ3) is 3.37. The van der Waals surface area contributed by atoms with Crippen LogP contribution in [0.25, 0.3) is 21.9 Å². The Morgan fingerprint density at radius 2 is 1.58 bits per heavy atom. The highest BCUT2D eigenvalue weighted by atomic mass is 14.9. The highest BCUT2D eigenvalue weighted by molar-refractivity contribution is 5.98. The minimum absolute atomic E-state index is 0.453. The fraction of sp³-hybridized carbons (Fsp3) is 0.304. The molecule has 1 unspecified atom stereocenters. The molecule has 3 rings (SSSR count). The number of aryl methyl sites for hydroxylation is 1. The molecule has 0 radical (unpaired) electrons. The van der Waals surface area contributed by atoms with Crippen molar-refractivity contribution in [1.82, 2.24) is 5.32 Å². The molecule has 0 saturated heterocycles. The molecule has 24 heavy (non-hydrogen) atoms. The molecular weight excluding hydrogens is 290 g/mol. The van der Waals surface area contributed by atoms with Crippen LogP contribution < -0.4 is 5.32 Å². The first-order valence-corrected chi connectivity index (χ1v) is 9.00. The summed E-state index contributed by atoms with van der Waals surface area (Å²) in [5.41, 5.74) is 5.32. The van der Waals surface area contributed by atoms with Crippen LogP contribution in [0.4, 0.5) is 0 Å². The fourth-order valence-corrected chi connectivity index (χ4v) is 3.50. The zero-order valence-corrected chi connectivity index (χ0v) is 15.0. The molecule has 0 aromatic heterocycles. The summed E-state index contributed by atoms with van der Waals surface area (Å²) in [7, 11) is 2.06. The summed E-state index contributed by atoms with van der Waals surface area (Å²) >= 11 is 0. The van der Waals surface area contributed by atoms with Crippen LogP contribution in [0.3, 0.4) is 0 Å². The lowest BCUT2D eigenvalue weighted by molar-refractivity contribution is 0.523. The molecule has 3 aromatic carbocycles. The second kappa shape index (κ2) is 7.63. The van der Waals surface area contributed by atoms with Gasteiger partial charge in [-0.3, -0.25) is 0 Å². The van der Waals surface area contributed by atoms with Gasteiger partial charge in [0.05, 0.1) is 0 Å². The van der Waals surface area contributed by atoms with Crippen LogP contribution in [-0.4, -0.2) is 7.05 Å². The van der Waals surface area contributed by atoms with E-state index in [2.05, 4.69) is 86.9 Å². The van der Waals surface area contributed by atoms with E-state index < -0.39 is 0 Å². The predicted octanol–water partition coefficient (Wildman–Crippen LogP) is 6.27. The first-order valence-electron chi connectivity index (χ1n) is 9.00. The van der Waals surface area contributed by atoms with Crippen molar-refractivity contribution < 1.29 is 0 Å². The van der Waals surface area contributed by atoms with Crippen LogP contribution in [0, 0.1) is 6.92 Å². The molecule has 1 atom stereocenters. The number of hydrogen-bond donors (Lipinski definition) is 1. The molecule has 0 aliphatic heterocycles. The summed E-state index contributed by atoms with van der Waals surface area (Å²) in [6, 6.07) is 22.7. The topological polar surface area (TPSA) is 12.0 Å². The Bertz CT molecular complexity index is 802. The van der Waals surface area contributed by atoms with Crippen molar-refractivity contribution in [1.29, 1.82) is 0 Å². The minimum atomic E-state index is 0.453. The Morgan fingerprint density at radius 1 is 0.875 bits per heavy atom. The van der Waals surface area contributed by atoms with Gasteiger partial charge < -0.3 is 5.32 Å². The molecule has 1 N–H and O–H groups in total. The molecule has 0 heterocycles. The van der Waals surface area contributed by atoms with E-state index in [1.165, 1.54) is 52.3 Å². The van der Waals surface area contributed by atoms with Crippen LogP contribution in [0.15, 0.2) is 60.7 Å². The van der Waals surface area contributed by atoms with E-state index in [9.17, 15) is 0 Å². The van der Waals surface area contributed by atoms with E-state index in [0.29, 0.717) is 6.04 Å². The highest BCUT2D eigenvalue weighted by Crippen LogP contribution is 2.31. The summed E-state index contributed by atoms with van der Waals surface area (Å²) in [5, 5.41) is 6.13. The molecular formula is C23H27N. The zero-order chi connectivity index (χ0) is 16.9. The normalized spacial score (nSPS) is 12.5. The maximum Gasteiger partial charge on any atom is 0.0317 e. The molecule has 0 saturated carbocycles. The summed E-state index contributed by atoms with van der Waals surface area (Å²) in [4.78, 5) is 0. The summed E-state index contributed by atoms with van der Waals surface area (Å²) < 4.78 is 0. The molecule has 0 fully saturated rings. The van der Waals surface area contributed by atoms with Crippen LogP contribution in [0.5, 0.6) is 0 Å². The number of nitrogens with one attached hydrogen (secondary N) is 1. The third-order valence-corrected chi connectivity index (χ3v) is 4.96. The van der Waals surface area contributed by atoms with Gasteiger partial charge in [0.2, 0.25) is 0 Å². The van der Waals surface area contributed by atoms with Gasteiger partial charge >= 0.3 is 0 Å². The second-order valence-electron chi connectivity index (χ2n) is 6.58. The Balaban J connectivity index is 1.95. The highest BCUT2D eigenvalue weighted by Gasteiger charge is 2.10. The lowest BCUT2D eigenvalue weighted by atomic mass is 9.94. The van der Waals surface area contributed by atoms with E-state index in [0.717, 1.165) is 0 Å². The molecule has 0 amide bonds. The average molecular weight is 317 g/mol. The van der Waals surface area contributed by atoms with E-state index in [1.807, 2.05) is 0 Å². The quantitative estimate of drug-likeness (QED) is 0.565. The van der Waals surface area contributed by atoms with Crippen molar-refractivity contribution in [2.75, 3.05) is 7.05 Å². The zero-order valence-electron chi connectivity index (χ0n) is 15.0. The molecule has 0 bridgehead atoms. The first-order chi connectivity index (χ1) is 11.7. The third-order valence-electron chi connectivity index (χ3n) is 4.96. The monoisotopic (exact) mass is 317 g/mol. The molecule has 1 heteroatoms. The van der Waals surface area contributed by atoms with E-state index >= 15 is 0 Å². The van der Waals surface area contributed by atoms with E-state index in [1.54, 1.807) is 0 Å². The predicted molar refractivity (Wildman–Crippen MR) is 105 cm³/mol. The fourth-order valence-electron chi connectivity index (χ4n) is 3.50. The minimum Gasteiger partial charge on any atom is -0.313 e. The largest absolute Gasteiger partial charge is 0.313 e. The second-order valence-corrected chi connectivity index (χ2v) is 6.58. The average Bonchev–Trinajstić information content (AvgIpc) is 2.63. The SMILES string of the molecule is CCCCC(NC)c1ccc(-c2cccc3c(C)cccc23)cc1. The Morgan fingerprint density at radius 3 is 2.29 bits per heavy atom. The van der Waals surface area contributed by atoms with Gasteiger partial charge in [0, 0.05) is 6.04 Å². The van der Waals surface area contributed by atoms with E-state index in [-0.39, 0.29) is 0 Å². The van der Waals surface area contributed by atoms with Crippen molar-refractivity contribution >= 4 is 10.8 Å². The Hall–Kier alpha value is -2.12. The number of rotatable bonds is 6. The Labute approximate surface area is 145 Å². The summed E-state index contributed by atoms with van der Waals surface area (Å²) in [5.74, 6) is 0. The molecule has 3 aromatic rings. The number of benzene rings is 3. The van der Waals surface area contributed by atoms with Gasteiger partial charge in [-0.25, -0.2) is 0 Å². The lowest BCUT2D eigenvalue weighted by Crippen LogP contribution is -2.16. The molecule has 0 spiro atoms. The standard InChI is InChI=1S/C23H27N/c1-4-5-12-23(24-3)19-15-13-18(14-16-19)21-10-7-9-20-17(2)8-6-11-22(20)21/h6-11,13-16,23-24H,4-5,12H2,1-3H3. The van der Waals surface area contributed by atoms with Gasteiger partial charge in [-0.1, -0.05) is 80.4 Å². The number of hydrogen-bond acceptors (Lipinski definition) is 1. The van der Waals surface area contributed by atoms with Crippen molar-refractivity contribution in [3.63, 3.8) is 0 Å². The smallest absolute Gasteiger partial charge is 0.0317 e. The molecule has 0 aliphatic rings. The maximum absolute atomic E-state index is 3.45. The van der Waals surface area contributed by atoms with E-state index in [4.69, 9.17) is 0 Å². The van der Waals surface area contributed by atoms with Gasteiger partial charge in [-0.15, -0.1) is 0 Å². The first kappa shape index (κ1) is 16.7. The van der Waals surface area contributed by atoms with Crippen molar-refractivity contribution in [2.24, 2.45) is 0 Å². The number of fused-ring (bicyclic) bond motifs is 1. The summed E-state index contributed by atoms with van der Waals surface area (Å²) in [6.07, 6.45) is 3.70. The van der Waals surface area contributed by atoms with Gasteiger partial charge in [0.1, 0.15) is 0 Å².